The van der Waals surface area contributed by atoms with Gasteiger partial charge in [0.2, 0.25) is 5.72 Å². The van der Waals surface area contributed by atoms with E-state index in [2.05, 4.69) is 45.0 Å². The van der Waals surface area contributed by atoms with Crippen LogP contribution in [0.1, 0.15) is 67.8 Å². The molecule has 10 aliphatic rings. The Hall–Kier alpha value is -3.19. The van der Waals surface area contributed by atoms with Gasteiger partial charge in [0.1, 0.15) is 5.75 Å². The van der Waals surface area contributed by atoms with Crippen molar-refractivity contribution in [1.82, 2.24) is 14.4 Å². The van der Waals surface area contributed by atoms with Crippen molar-refractivity contribution in [3.63, 3.8) is 0 Å². The minimum atomic E-state index is -1.88. The third-order valence-electron chi connectivity index (χ3n) is 17.5. The van der Waals surface area contributed by atoms with Gasteiger partial charge in [0.15, 0.2) is 5.72 Å². The second-order valence-electron chi connectivity index (χ2n) is 19.0. The lowest BCUT2D eigenvalue weighted by molar-refractivity contribution is -0.248. The number of hydrogen-bond donors (Lipinski definition) is 2. The fourth-order valence-electron chi connectivity index (χ4n) is 16.4. The van der Waals surface area contributed by atoms with Gasteiger partial charge in [-0.05, 0) is 74.8 Å². The Labute approximate surface area is 315 Å². The van der Waals surface area contributed by atoms with E-state index >= 15 is 0 Å². The third kappa shape index (κ3) is 3.13. The monoisotopic (exact) mass is 734 g/mol. The lowest BCUT2D eigenvalue weighted by atomic mass is 9.44. The number of aliphatic hydroxyl groups is 2. The Morgan fingerprint density at radius 3 is 2.63 bits per heavy atom. The summed E-state index contributed by atoms with van der Waals surface area (Å²) in [6.45, 7) is 5.69. The van der Waals surface area contributed by atoms with E-state index in [1.807, 2.05) is 16.7 Å². The van der Waals surface area contributed by atoms with E-state index in [4.69, 9.17) is 18.9 Å². The fraction of sp³-hybridized carbons (Fsp3) is 0.651. The number of hydrogen-bond acceptors (Lipinski definition) is 10. The van der Waals surface area contributed by atoms with Crippen molar-refractivity contribution >= 4 is 22.6 Å². The molecule has 0 bridgehead atoms. The van der Waals surface area contributed by atoms with Crippen molar-refractivity contribution in [2.24, 2.45) is 22.2 Å². The van der Waals surface area contributed by atoms with Crippen molar-refractivity contribution < 1.29 is 34.0 Å². The molecular weight excluding hydrogens is 684 g/mol. The van der Waals surface area contributed by atoms with E-state index in [-0.39, 0.29) is 47.5 Å². The van der Waals surface area contributed by atoms with Crippen LogP contribution in [0.15, 0.2) is 42.5 Å². The first-order valence-corrected chi connectivity index (χ1v) is 20.5. The molecule has 1 aliphatic carbocycles. The molecule has 11 nitrogen and oxygen atoms in total. The van der Waals surface area contributed by atoms with E-state index in [0.717, 1.165) is 106 Å². The van der Waals surface area contributed by atoms with Crippen LogP contribution in [0.3, 0.4) is 0 Å². The number of nitrogens with zero attached hydrogens (tertiary/aromatic N) is 4. The molecule has 3 aromatic rings. The van der Waals surface area contributed by atoms with Gasteiger partial charge in [0, 0.05) is 85.1 Å². The van der Waals surface area contributed by atoms with Crippen LogP contribution < -0.4 is 9.64 Å². The highest BCUT2D eigenvalue weighted by Crippen LogP contribution is 2.77. The van der Waals surface area contributed by atoms with Crippen molar-refractivity contribution in [3.8, 4) is 5.75 Å². The zero-order valence-corrected chi connectivity index (χ0v) is 31.3. The lowest BCUT2D eigenvalue weighted by Crippen LogP contribution is -2.80. The van der Waals surface area contributed by atoms with E-state index in [0.29, 0.717) is 13.2 Å². The van der Waals surface area contributed by atoms with Gasteiger partial charge in [0.25, 0.3) is 0 Å². The predicted molar refractivity (Wildman–Crippen MR) is 197 cm³/mol. The molecule has 54 heavy (non-hydrogen) atoms. The van der Waals surface area contributed by atoms with Crippen LogP contribution in [0.2, 0.25) is 0 Å². The summed E-state index contributed by atoms with van der Waals surface area (Å²) in [6, 6.07) is 14.9. The van der Waals surface area contributed by atoms with E-state index < -0.39 is 28.2 Å². The van der Waals surface area contributed by atoms with E-state index in [1.165, 1.54) is 18.2 Å². The Morgan fingerprint density at radius 1 is 0.907 bits per heavy atom. The lowest BCUT2D eigenvalue weighted by Gasteiger charge is -2.71. The van der Waals surface area contributed by atoms with Crippen LogP contribution in [-0.4, -0.2) is 115 Å². The molecule has 10 heterocycles. The molecule has 7 fully saturated rings. The third-order valence-corrected chi connectivity index (χ3v) is 17.5. The SMILES string of the molecule is COC(=O)[C@@]1(O)C[C@]23CCO[C@H]2[C@@]2(C[C@@H]4C[C@]56CCO[C@H]5CCN5CC[C@@]7(c8cccc(OC)c8N(C2)[C@@]47O)[C@@H]56)CN2CCc4c(n1c1ccccc41)[C@@H]23. The summed E-state index contributed by atoms with van der Waals surface area (Å²) in [5.74, 6) is 0.172. The number of carbonyl (C=O) groups excluding carboxylic acids is 1. The van der Waals surface area contributed by atoms with Gasteiger partial charge in [-0.3, -0.25) is 9.80 Å². The maximum atomic E-state index is 14.1. The summed E-state index contributed by atoms with van der Waals surface area (Å²) in [5.41, 5.74) is 1.08. The summed E-state index contributed by atoms with van der Waals surface area (Å²) in [4.78, 5) is 21.9. The molecule has 0 unspecified atom stereocenters. The Balaban J connectivity index is 1.04. The van der Waals surface area contributed by atoms with Crippen LogP contribution >= 0.6 is 0 Å². The quantitative estimate of drug-likeness (QED) is 0.379. The van der Waals surface area contributed by atoms with Gasteiger partial charge in [-0.2, -0.15) is 0 Å². The van der Waals surface area contributed by atoms with Gasteiger partial charge in [0.05, 0.1) is 49.1 Å². The average molecular weight is 735 g/mol. The molecule has 9 aliphatic heterocycles. The molecule has 2 aromatic carbocycles. The highest BCUT2D eigenvalue weighted by atomic mass is 16.5. The number of fused-ring (bicyclic) bond motifs is 6. The molecule has 13 rings (SSSR count). The first-order chi connectivity index (χ1) is 26.2. The first kappa shape index (κ1) is 32.0. The van der Waals surface area contributed by atoms with Crippen LogP contribution in [0.25, 0.3) is 10.9 Å². The molecule has 2 N–H and O–H groups in total. The van der Waals surface area contributed by atoms with E-state index in [9.17, 15) is 15.0 Å². The van der Waals surface area contributed by atoms with Crippen LogP contribution in [0.4, 0.5) is 5.69 Å². The van der Waals surface area contributed by atoms with Gasteiger partial charge in [-0.1, -0.05) is 30.3 Å². The number of carbonyl (C=O) groups is 1. The number of benzene rings is 2. The smallest absolute Gasteiger partial charge is 0.359 e. The fourth-order valence-corrected chi connectivity index (χ4v) is 16.4. The Bertz CT molecular complexity index is 2190. The van der Waals surface area contributed by atoms with Crippen molar-refractivity contribution in [2.75, 3.05) is 65.1 Å². The van der Waals surface area contributed by atoms with Crippen LogP contribution in [-0.2, 0) is 36.6 Å². The van der Waals surface area contributed by atoms with Gasteiger partial charge in [-0.25, -0.2) is 4.79 Å². The first-order valence-electron chi connectivity index (χ1n) is 20.5. The van der Waals surface area contributed by atoms with Crippen molar-refractivity contribution in [2.45, 2.75) is 92.5 Å². The molecule has 284 valence electrons. The van der Waals surface area contributed by atoms with Crippen molar-refractivity contribution in [3.05, 3.63) is 59.3 Å². The van der Waals surface area contributed by atoms with Gasteiger partial charge >= 0.3 is 5.97 Å². The number of ether oxygens (including phenoxy) is 4. The minimum absolute atomic E-state index is 0.00654. The highest BCUT2D eigenvalue weighted by molar-refractivity contribution is 5.90. The standard InChI is InChI=1S/C43H50N4O7/c1-51-30-9-5-7-28-33(30)46-24-38(20-25-21-39-13-18-53-31(39)11-16-44-17-12-41(28,35(39)44)43(25,46)50)23-45-15-10-27-26-6-3-4-8-29(26)47-32(27)34(45)40(14-19-54-36(38)40)22-42(47,49)37(48)52-2/h3-9,25,31,34-36,49-50H,10-24H2,1-2H3/t25-,31+,34-,35+,36+,38+,39-,40+,41-,42+,43-/m1/s1. The number of aromatic nitrogens is 1. The zero-order valence-electron chi connectivity index (χ0n) is 31.3. The molecule has 0 radical (unpaired) electrons. The summed E-state index contributed by atoms with van der Waals surface area (Å²) >= 11 is 0. The highest BCUT2D eigenvalue weighted by Gasteiger charge is 2.83. The van der Waals surface area contributed by atoms with Crippen molar-refractivity contribution in [1.29, 1.82) is 0 Å². The summed E-state index contributed by atoms with van der Waals surface area (Å²) in [6.07, 6.45) is 6.49. The topological polar surface area (TPSA) is 109 Å². The molecular formula is C43H50N4O7. The second-order valence-corrected chi connectivity index (χ2v) is 19.0. The summed E-state index contributed by atoms with van der Waals surface area (Å²) in [7, 11) is 3.15. The maximum Gasteiger partial charge on any atom is 0.359 e. The average Bonchev–Trinajstić information content (AvgIpc) is 4.00. The molecule has 11 atom stereocenters. The number of methoxy groups -OCH3 is 2. The maximum absolute atomic E-state index is 14.1. The minimum Gasteiger partial charge on any atom is -0.495 e. The molecule has 1 aromatic heterocycles. The number of esters is 1. The number of anilines is 1. The molecule has 4 spiro atoms. The Kier molecular flexibility index (Phi) is 5.82. The Morgan fingerprint density at radius 2 is 1.76 bits per heavy atom. The summed E-state index contributed by atoms with van der Waals surface area (Å²) in [5, 5.41) is 28.1. The second kappa shape index (κ2) is 9.84. The molecule has 11 heteroatoms. The number of piperidine rings is 3. The predicted octanol–water partition coefficient (Wildman–Crippen LogP) is 3.67. The molecule has 1 saturated carbocycles. The van der Waals surface area contributed by atoms with Crippen LogP contribution in [0.5, 0.6) is 5.75 Å². The number of para-hydroxylation sites is 2. The zero-order chi connectivity index (χ0) is 36.2. The van der Waals surface area contributed by atoms with Gasteiger partial charge in [-0.15, -0.1) is 0 Å². The van der Waals surface area contributed by atoms with Crippen LogP contribution in [0, 0.1) is 22.2 Å². The molecule has 0 amide bonds. The summed E-state index contributed by atoms with van der Waals surface area (Å²) < 4.78 is 27.5. The largest absolute Gasteiger partial charge is 0.495 e. The number of rotatable bonds is 2. The normalized spacial score (nSPS) is 46.1. The van der Waals surface area contributed by atoms with Gasteiger partial charge < -0.3 is 38.6 Å². The van der Waals surface area contributed by atoms with E-state index in [1.54, 1.807) is 7.11 Å². The molecule has 6 saturated heterocycles.